The largest absolute Gasteiger partial charge is 0.357 e. The number of nitrogens with zero attached hydrogens (tertiary/aromatic N) is 1. The Kier molecular flexibility index (Phi) is 4.44. The molecule has 0 aliphatic carbocycles. The molecule has 2 rings (SSSR count). The van der Waals surface area contributed by atoms with E-state index in [0.29, 0.717) is 5.92 Å². The highest BCUT2D eigenvalue weighted by atomic mass is 15.2. The highest BCUT2D eigenvalue weighted by molar-refractivity contribution is 5.81. The molecule has 0 aliphatic heterocycles. The lowest BCUT2D eigenvalue weighted by molar-refractivity contribution is 0.614. The minimum atomic E-state index is 0.603. The fourth-order valence-corrected chi connectivity index (χ4v) is 1.93. The van der Waals surface area contributed by atoms with Gasteiger partial charge in [0.25, 0.3) is 0 Å². The van der Waals surface area contributed by atoms with Crippen molar-refractivity contribution in [1.29, 1.82) is 0 Å². The zero-order valence-corrected chi connectivity index (χ0v) is 11.8. The third-order valence-corrected chi connectivity index (χ3v) is 2.93. The predicted octanol–water partition coefficient (Wildman–Crippen LogP) is 2.49. The molecule has 0 spiro atoms. The molecule has 19 heavy (non-hydrogen) atoms. The first-order valence-electron chi connectivity index (χ1n) is 6.70. The van der Waals surface area contributed by atoms with E-state index in [9.17, 15) is 0 Å². The van der Waals surface area contributed by atoms with Crippen molar-refractivity contribution in [3.8, 4) is 0 Å². The smallest absolute Gasteiger partial charge is 0.191 e. The molecule has 1 aromatic heterocycles. The summed E-state index contributed by atoms with van der Waals surface area (Å²) in [7, 11) is 1.79. The normalized spacial score (nSPS) is 12.1. The van der Waals surface area contributed by atoms with Gasteiger partial charge >= 0.3 is 0 Å². The molecule has 2 aromatic rings. The SMILES string of the molecule is CN=C(NCc1cc2ccccc2[nH]1)NCC(C)C. The van der Waals surface area contributed by atoms with E-state index < -0.39 is 0 Å². The van der Waals surface area contributed by atoms with Crippen LogP contribution in [0.1, 0.15) is 19.5 Å². The van der Waals surface area contributed by atoms with E-state index in [1.54, 1.807) is 7.05 Å². The number of aliphatic imine (C=N–C) groups is 1. The summed E-state index contributed by atoms with van der Waals surface area (Å²) >= 11 is 0. The van der Waals surface area contributed by atoms with Gasteiger partial charge in [-0.15, -0.1) is 0 Å². The molecule has 0 unspecified atom stereocenters. The second-order valence-corrected chi connectivity index (χ2v) is 5.08. The van der Waals surface area contributed by atoms with Gasteiger partial charge in [-0.1, -0.05) is 32.0 Å². The number of para-hydroxylation sites is 1. The van der Waals surface area contributed by atoms with E-state index >= 15 is 0 Å². The monoisotopic (exact) mass is 258 g/mol. The molecule has 0 bridgehead atoms. The van der Waals surface area contributed by atoms with Gasteiger partial charge in [-0.25, -0.2) is 0 Å². The van der Waals surface area contributed by atoms with Crippen LogP contribution < -0.4 is 10.6 Å². The molecule has 1 heterocycles. The first kappa shape index (κ1) is 13.5. The van der Waals surface area contributed by atoms with Crippen LogP contribution in [0, 0.1) is 5.92 Å². The maximum Gasteiger partial charge on any atom is 0.191 e. The maximum absolute atomic E-state index is 4.21. The van der Waals surface area contributed by atoms with Crippen LogP contribution >= 0.6 is 0 Å². The van der Waals surface area contributed by atoms with Crippen molar-refractivity contribution in [1.82, 2.24) is 15.6 Å². The molecule has 102 valence electrons. The summed E-state index contributed by atoms with van der Waals surface area (Å²) in [5.41, 5.74) is 2.33. The second-order valence-electron chi connectivity index (χ2n) is 5.08. The van der Waals surface area contributed by atoms with Crippen molar-refractivity contribution >= 4 is 16.9 Å². The topological polar surface area (TPSA) is 52.2 Å². The molecule has 3 N–H and O–H groups in total. The van der Waals surface area contributed by atoms with Gasteiger partial charge in [-0.2, -0.15) is 0 Å². The van der Waals surface area contributed by atoms with Crippen LogP contribution in [-0.4, -0.2) is 24.5 Å². The number of nitrogens with one attached hydrogen (secondary N) is 3. The molecule has 4 heteroatoms. The number of rotatable bonds is 4. The molecule has 1 aromatic carbocycles. The second kappa shape index (κ2) is 6.27. The Bertz CT molecular complexity index is 521. The van der Waals surface area contributed by atoms with Crippen LogP contribution in [0.3, 0.4) is 0 Å². The quantitative estimate of drug-likeness (QED) is 0.583. The van der Waals surface area contributed by atoms with Crippen LogP contribution in [0.5, 0.6) is 0 Å². The number of H-pyrrole nitrogens is 1. The molecule has 0 saturated carbocycles. The molecule has 4 nitrogen and oxygen atoms in total. The summed E-state index contributed by atoms with van der Waals surface area (Å²) in [4.78, 5) is 7.60. The molecular weight excluding hydrogens is 236 g/mol. The fourth-order valence-electron chi connectivity index (χ4n) is 1.93. The number of fused-ring (bicyclic) bond motifs is 1. The predicted molar refractivity (Wildman–Crippen MR) is 81.3 cm³/mol. The molecule has 0 amide bonds. The first-order chi connectivity index (χ1) is 9.19. The molecule has 0 aliphatic rings. The number of aromatic nitrogens is 1. The summed E-state index contributed by atoms with van der Waals surface area (Å²) in [5.74, 6) is 1.44. The van der Waals surface area contributed by atoms with Gasteiger partial charge in [-0.3, -0.25) is 4.99 Å². The fraction of sp³-hybridized carbons (Fsp3) is 0.400. The summed E-state index contributed by atoms with van der Waals surface area (Å²) < 4.78 is 0. The van der Waals surface area contributed by atoms with Crippen molar-refractivity contribution < 1.29 is 0 Å². The molecule has 0 atom stereocenters. The van der Waals surface area contributed by atoms with Crippen molar-refractivity contribution in [3.63, 3.8) is 0 Å². The number of benzene rings is 1. The Labute approximate surface area is 114 Å². The Morgan fingerprint density at radius 2 is 2.05 bits per heavy atom. The average Bonchev–Trinajstić information content (AvgIpc) is 2.81. The molecular formula is C15H22N4. The maximum atomic E-state index is 4.21. The van der Waals surface area contributed by atoms with Crippen LogP contribution in [0.25, 0.3) is 10.9 Å². The zero-order chi connectivity index (χ0) is 13.7. The van der Waals surface area contributed by atoms with E-state index in [0.717, 1.165) is 24.7 Å². The minimum Gasteiger partial charge on any atom is -0.357 e. The van der Waals surface area contributed by atoms with Crippen LogP contribution in [0.4, 0.5) is 0 Å². The molecule has 0 fully saturated rings. The summed E-state index contributed by atoms with van der Waals surface area (Å²) in [5, 5.41) is 7.85. The third-order valence-electron chi connectivity index (χ3n) is 2.93. The third kappa shape index (κ3) is 3.74. The van der Waals surface area contributed by atoms with Crippen LogP contribution in [0.15, 0.2) is 35.3 Å². The van der Waals surface area contributed by atoms with Crippen molar-refractivity contribution in [2.45, 2.75) is 20.4 Å². The van der Waals surface area contributed by atoms with E-state index in [1.165, 1.54) is 10.9 Å². The van der Waals surface area contributed by atoms with E-state index in [-0.39, 0.29) is 0 Å². The number of hydrogen-bond acceptors (Lipinski definition) is 1. The van der Waals surface area contributed by atoms with Crippen LogP contribution in [-0.2, 0) is 6.54 Å². The highest BCUT2D eigenvalue weighted by Gasteiger charge is 2.02. The van der Waals surface area contributed by atoms with E-state index in [4.69, 9.17) is 0 Å². The Hall–Kier alpha value is -1.97. The standard InChI is InChI=1S/C15H22N4/c1-11(2)9-17-15(16-3)18-10-13-8-12-6-4-5-7-14(12)19-13/h4-8,11,19H,9-10H2,1-3H3,(H2,16,17,18). The van der Waals surface area contributed by atoms with Gasteiger partial charge in [-0.05, 0) is 23.4 Å². The van der Waals surface area contributed by atoms with Crippen molar-refractivity contribution in [3.05, 3.63) is 36.0 Å². The molecule has 0 radical (unpaired) electrons. The van der Waals surface area contributed by atoms with Crippen LogP contribution in [0.2, 0.25) is 0 Å². The lowest BCUT2D eigenvalue weighted by atomic mass is 10.2. The zero-order valence-electron chi connectivity index (χ0n) is 11.8. The van der Waals surface area contributed by atoms with Gasteiger partial charge in [0.1, 0.15) is 0 Å². The average molecular weight is 258 g/mol. The highest BCUT2D eigenvalue weighted by Crippen LogP contribution is 2.14. The Balaban J connectivity index is 1.93. The van der Waals surface area contributed by atoms with E-state index in [1.807, 2.05) is 6.07 Å². The van der Waals surface area contributed by atoms with Crippen molar-refractivity contribution in [2.24, 2.45) is 10.9 Å². The summed E-state index contributed by atoms with van der Waals surface area (Å²) in [6.45, 7) is 6.02. The lowest BCUT2D eigenvalue weighted by Crippen LogP contribution is -2.38. The minimum absolute atomic E-state index is 0.603. The summed E-state index contributed by atoms with van der Waals surface area (Å²) in [6, 6.07) is 10.5. The lowest BCUT2D eigenvalue weighted by Gasteiger charge is -2.12. The number of aromatic amines is 1. The Morgan fingerprint density at radius 3 is 2.74 bits per heavy atom. The first-order valence-corrected chi connectivity index (χ1v) is 6.70. The van der Waals surface area contributed by atoms with Gasteiger partial charge in [0.15, 0.2) is 5.96 Å². The Morgan fingerprint density at radius 1 is 1.26 bits per heavy atom. The number of guanidine groups is 1. The van der Waals surface area contributed by atoms with Gasteiger partial charge in [0.05, 0.1) is 6.54 Å². The van der Waals surface area contributed by atoms with Gasteiger partial charge < -0.3 is 15.6 Å². The van der Waals surface area contributed by atoms with Crippen molar-refractivity contribution in [2.75, 3.05) is 13.6 Å². The molecule has 0 saturated heterocycles. The van der Waals surface area contributed by atoms with Gasteiger partial charge in [0, 0.05) is 24.8 Å². The summed E-state index contributed by atoms with van der Waals surface area (Å²) in [6.07, 6.45) is 0. The van der Waals surface area contributed by atoms with Gasteiger partial charge in [0.2, 0.25) is 0 Å². The van der Waals surface area contributed by atoms with E-state index in [2.05, 4.69) is 58.7 Å². The number of hydrogen-bond donors (Lipinski definition) is 3.